The molecule has 1 saturated heterocycles. The molecule has 1 aliphatic heterocycles. The van der Waals surface area contributed by atoms with Crippen LogP contribution in [0.2, 0.25) is 10.0 Å². The molecule has 35 heavy (non-hydrogen) atoms. The third kappa shape index (κ3) is 5.63. The first-order valence-electron chi connectivity index (χ1n) is 12.2. The van der Waals surface area contributed by atoms with E-state index in [0.29, 0.717) is 21.8 Å². The lowest BCUT2D eigenvalue weighted by Crippen LogP contribution is -2.48. The van der Waals surface area contributed by atoms with Crippen LogP contribution in [0.4, 0.5) is 5.69 Å². The summed E-state index contributed by atoms with van der Waals surface area (Å²) in [6, 6.07) is 9.81. The molecule has 7 nitrogen and oxygen atoms in total. The van der Waals surface area contributed by atoms with Gasteiger partial charge in [-0.15, -0.1) is 10.2 Å². The van der Waals surface area contributed by atoms with E-state index in [0.717, 1.165) is 67.9 Å². The summed E-state index contributed by atoms with van der Waals surface area (Å²) in [6.45, 7) is 9.15. The lowest BCUT2D eigenvalue weighted by atomic mass is 10.1. The van der Waals surface area contributed by atoms with Gasteiger partial charge in [0.2, 0.25) is 11.8 Å². The van der Waals surface area contributed by atoms with Crippen molar-refractivity contribution in [2.24, 2.45) is 0 Å². The molecule has 1 fully saturated rings. The Bertz CT molecular complexity index is 1180. The number of para-hydroxylation sites is 1. The van der Waals surface area contributed by atoms with Crippen molar-refractivity contribution in [1.29, 1.82) is 0 Å². The maximum absolute atomic E-state index is 6.39. The predicted octanol–water partition coefficient (Wildman–Crippen LogP) is 6.80. The molecule has 0 amide bonds. The second kappa shape index (κ2) is 11.9. The number of halogens is 2. The molecular formula is C26H31Cl2N5O2. The van der Waals surface area contributed by atoms with E-state index >= 15 is 0 Å². The Morgan fingerprint density at radius 1 is 0.971 bits per heavy atom. The van der Waals surface area contributed by atoms with Crippen LogP contribution in [0.15, 0.2) is 51.6 Å². The molecule has 0 bridgehead atoms. The van der Waals surface area contributed by atoms with E-state index in [1.54, 1.807) is 12.4 Å². The van der Waals surface area contributed by atoms with Gasteiger partial charge in [-0.2, -0.15) is 0 Å². The van der Waals surface area contributed by atoms with E-state index in [4.69, 9.17) is 32.0 Å². The Balaban J connectivity index is 0.00000141. The zero-order chi connectivity index (χ0) is 24.8. The summed E-state index contributed by atoms with van der Waals surface area (Å²) in [5, 5.41) is 10.9. The Hall–Kier alpha value is -2.61. The number of aryl methyl sites for hydroxylation is 1. The molecule has 0 aliphatic carbocycles. The average Bonchev–Trinajstić information content (AvgIpc) is 3.52. The molecular weight excluding hydrogens is 485 g/mol. The number of unbranched alkanes of at least 4 members (excludes halogenated alkanes) is 1. The minimum absolute atomic E-state index is 0.259. The lowest BCUT2D eigenvalue weighted by molar-refractivity contribution is 0.168. The summed E-state index contributed by atoms with van der Waals surface area (Å²) in [4.78, 5) is 8.57. The van der Waals surface area contributed by atoms with Gasteiger partial charge in [-0.3, -0.25) is 9.88 Å². The molecule has 1 unspecified atom stereocenters. The highest BCUT2D eigenvalue weighted by Crippen LogP contribution is 2.36. The third-order valence-electron chi connectivity index (χ3n) is 6.00. The van der Waals surface area contributed by atoms with Crippen molar-refractivity contribution >= 4 is 39.9 Å². The van der Waals surface area contributed by atoms with Gasteiger partial charge in [-0.1, -0.05) is 68.6 Å². The van der Waals surface area contributed by atoms with Crippen molar-refractivity contribution < 1.29 is 8.83 Å². The number of piperazine rings is 1. The topological polar surface area (TPSA) is 71.4 Å². The smallest absolute Gasteiger partial charge is 0.241 e. The largest absolute Gasteiger partial charge is 0.459 e. The summed E-state index contributed by atoms with van der Waals surface area (Å²) in [5.74, 6) is 2.03. The molecule has 0 spiro atoms. The van der Waals surface area contributed by atoms with Gasteiger partial charge in [-0.25, -0.2) is 0 Å². The third-order valence-corrected chi connectivity index (χ3v) is 6.55. The quantitative estimate of drug-likeness (QED) is 0.268. The van der Waals surface area contributed by atoms with Gasteiger partial charge >= 0.3 is 0 Å². The second-order valence-electron chi connectivity index (χ2n) is 8.20. The standard InChI is InChI=1S/C24H25Cl2N5O2.C2H6/c1-2-3-8-21-28-29-24(33-21)23(20-13-16-6-4-5-7-19(16)32-20)31-11-9-30(10-12-31)22-17(25)14-27-15-18(22)26;1-2/h4-7,13-15,23H,2-3,8-12H2,1H3;1-2H3. The van der Waals surface area contributed by atoms with E-state index in [1.165, 1.54) is 0 Å². The number of rotatable bonds is 7. The van der Waals surface area contributed by atoms with Gasteiger partial charge < -0.3 is 13.7 Å². The number of fused-ring (bicyclic) bond motifs is 1. The maximum Gasteiger partial charge on any atom is 0.241 e. The van der Waals surface area contributed by atoms with Crippen LogP contribution in [-0.2, 0) is 6.42 Å². The molecule has 1 aromatic carbocycles. The first-order chi connectivity index (χ1) is 17.1. The van der Waals surface area contributed by atoms with Crippen molar-refractivity contribution in [3.63, 3.8) is 0 Å². The Labute approximate surface area is 216 Å². The SMILES string of the molecule is CC.CCCCc1nnc(C(c2cc3ccccc3o2)N2CCN(c3c(Cl)cncc3Cl)CC2)o1. The number of nitrogens with zero attached hydrogens (tertiary/aromatic N) is 5. The van der Waals surface area contributed by atoms with Gasteiger partial charge in [0, 0.05) is 50.4 Å². The van der Waals surface area contributed by atoms with Crippen LogP contribution < -0.4 is 4.90 Å². The molecule has 4 aromatic rings. The predicted molar refractivity (Wildman–Crippen MR) is 140 cm³/mol. The van der Waals surface area contributed by atoms with Gasteiger partial charge in [0.05, 0.1) is 15.7 Å². The fourth-order valence-corrected chi connectivity index (χ4v) is 4.92. The molecule has 186 valence electrons. The van der Waals surface area contributed by atoms with Crippen molar-refractivity contribution in [2.75, 3.05) is 31.1 Å². The lowest BCUT2D eigenvalue weighted by Gasteiger charge is -2.38. The van der Waals surface area contributed by atoms with Gasteiger partial charge in [0.1, 0.15) is 17.4 Å². The van der Waals surface area contributed by atoms with Crippen molar-refractivity contribution in [3.8, 4) is 0 Å². The highest BCUT2D eigenvalue weighted by Gasteiger charge is 2.33. The molecule has 1 aliphatic rings. The van der Waals surface area contributed by atoms with Gasteiger partial charge in [0.15, 0.2) is 0 Å². The number of aromatic nitrogens is 3. The molecule has 4 heterocycles. The normalized spacial score (nSPS) is 15.2. The Morgan fingerprint density at radius 3 is 2.37 bits per heavy atom. The van der Waals surface area contributed by atoms with Crippen molar-refractivity contribution in [1.82, 2.24) is 20.1 Å². The van der Waals surface area contributed by atoms with Crippen LogP contribution >= 0.6 is 23.2 Å². The van der Waals surface area contributed by atoms with Crippen LogP contribution in [0.25, 0.3) is 11.0 Å². The molecule has 0 radical (unpaired) electrons. The molecule has 1 atom stereocenters. The fourth-order valence-electron chi connectivity index (χ4n) is 4.31. The minimum atomic E-state index is -0.259. The molecule has 9 heteroatoms. The Morgan fingerprint density at radius 2 is 1.69 bits per heavy atom. The summed E-state index contributed by atoms with van der Waals surface area (Å²) in [7, 11) is 0. The van der Waals surface area contributed by atoms with E-state index in [-0.39, 0.29) is 6.04 Å². The van der Waals surface area contributed by atoms with E-state index in [9.17, 15) is 0 Å². The number of anilines is 1. The maximum atomic E-state index is 6.39. The van der Waals surface area contributed by atoms with Gasteiger partial charge in [0.25, 0.3) is 0 Å². The van der Waals surface area contributed by atoms with Crippen molar-refractivity contribution in [3.05, 3.63) is 70.3 Å². The Kier molecular flexibility index (Phi) is 8.65. The van der Waals surface area contributed by atoms with Crippen LogP contribution in [0.1, 0.15) is 57.2 Å². The second-order valence-corrected chi connectivity index (χ2v) is 9.02. The highest BCUT2D eigenvalue weighted by molar-refractivity contribution is 6.38. The van der Waals surface area contributed by atoms with Crippen molar-refractivity contribution in [2.45, 2.75) is 46.1 Å². The van der Waals surface area contributed by atoms with Crippen LogP contribution in [-0.4, -0.2) is 46.3 Å². The molecule has 3 aromatic heterocycles. The average molecular weight is 516 g/mol. The van der Waals surface area contributed by atoms with E-state index < -0.39 is 0 Å². The highest BCUT2D eigenvalue weighted by atomic mass is 35.5. The molecule has 0 N–H and O–H groups in total. The number of benzene rings is 1. The summed E-state index contributed by atoms with van der Waals surface area (Å²) >= 11 is 12.8. The van der Waals surface area contributed by atoms with Gasteiger partial charge in [-0.05, 0) is 18.6 Å². The minimum Gasteiger partial charge on any atom is -0.459 e. The van der Waals surface area contributed by atoms with Crippen LogP contribution in [0, 0.1) is 0 Å². The zero-order valence-electron chi connectivity index (χ0n) is 20.4. The number of hydrogen-bond acceptors (Lipinski definition) is 7. The number of hydrogen-bond donors (Lipinski definition) is 0. The fraction of sp³-hybridized carbons (Fsp3) is 0.423. The summed E-state index contributed by atoms with van der Waals surface area (Å²) < 4.78 is 12.4. The molecule has 5 rings (SSSR count). The first-order valence-corrected chi connectivity index (χ1v) is 13.0. The summed E-state index contributed by atoms with van der Waals surface area (Å²) in [5.41, 5.74) is 1.67. The zero-order valence-corrected chi connectivity index (χ0v) is 21.9. The van der Waals surface area contributed by atoms with E-state index in [2.05, 4.69) is 38.0 Å². The molecule has 0 saturated carbocycles. The monoisotopic (exact) mass is 515 g/mol. The number of furan rings is 1. The first kappa shape index (κ1) is 25.5. The van der Waals surface area contributed by atoms with Crippen LogP contribution in [0.5, 0.6) is 0 Å². The van der Waals surface area contributed by atoms with E-state index in [1.807, 2.05) is 38.1 Å². The summed E-state index contributed by atoms with van der Waals surface area (Å²) in [6.07, 6.45) is 6.13. The number of pyridine rings is 1. The van der Waals surface area contributed by atoms with Crippen LogP contribution in [0.3, 0.4) is 0 Å².